The summed E-state index contributed by atoms with van der Waals surface area (Å²) in [5.41, 5.74) is 1.76. The van der Waals surface area contributed by atoms with Crippen molar-refractivity contribution < 1.29 is 4.55 Å². The molecule has 1 aromatic heterocycles. The van der Waals surface area contributed by atoms with Gasteiger partial charge in [-0.2, -0.15) is 0 Å². The average Bonchev–Trinajstić information content (AvgIpc) is 2.64. The molecule has 1 unspecified atom stereocenters. The van der Waals surface area contributed by atoms with E-state index in [-0.39, 0.29) is 0 Å². The highest BCUT2D eigenvalue weighted by molar-refractivity contribution is 7.91. The summed E-state index contributed by atoms with van der Waals surface area (Å²) in [5.74, 6) is 0.712. The zero-order valence-corrected chi connectivity index (χ0v) is 8.73. The predicted octanol–water partition coefficient (Wildman–Crippen LogP) is 1.88. The van der Waals surface area contributed by atoms with Gasteiger partial charge >= 0.3 is 0 Å². The van der Waals surface area contributed by atoms with E-state index in [1.54, 1.807) is 0 Å². The summed E-state index contributed by atoms with van der Waals surface area (Å²) in [6.45, 7) is 2.03. The Morgan fingerprint density at radius 3 is 3.21 bits per heavy atom. The summed E-state index contributed by atoms with van der Waals surface area (Å²) in [6, 6.07) is 5.61. The van der Waals surface area contributed by atoms with Crippen molar-refractivity contribution in [2.75, 3.05) is 5.75 Å². The highest BCUT2D eigenvalue weighted by Gasteiger charge is 2.10. The first-order valence-electron chi connectivity index (χ1n) is 4.55. The first-order valence-corrected chi connectivity index (χ1v) is 5.87. The van der Waals surface area contributed by atoms with E-state index in [1.165, 1.54) is 0 Å². The maximum atomic E-state index is 11.7. The zero-order chi connectivity index (χ0) is 9.97. The van der Waals surface area contributed by atoms with Crippen molar-refractivity contribution in [2.24, 2.45) is 0 Å². The molecule has 1 atom stereocenters. The fourth-order valence-corrected chi connectivity index (χ4v) is 2.38. The van der Waals surface area contributed by atoms with Crippen LogP contribution >= 0.6 is 0 Å². The molecule has 0 aliphatic carbocycles. The van der Waals surface area contributed by atoms with Crippen LogP contribution in [0, 0.1) is 6.33 Å². The molecule has 2 aromatic rings. The van der Waals surface area contributed by atoms with E-state index in [2.05, 4.69) is 16.3 Å². The summed E-state index contributed by atoms with van der Waals surface area (Å²) in [6.07, 6.45) is 3.59. The third kappa shape index (κ3) is 1.76. The van der Waals surface area contributed by atoms with Crippen LogP contribution in [0.25, 0.3) is 11.0 Å². The van der Waals surface area contributed by atoms with Gasteiger partial charge in [-0.3, -0.25) is 0 Å². The number of aromatic amines is 1. The highest BCUT2D eigenvalue weighted by atomic mass is 32.2. The molecule has 0 saturated carbocycles. The third-order valence-corrected chi connectivity index (χ3v) is 3.55. The number of nitrogens with one attached hydrogen (secondary N) is 1. The molecule has 2 rings (SSSR count). The van der Waals surface area contributed by atoms with Crippen LogP contribution in [0.5, 0.6) is 0 Å². The maximum Gasteiger partial charge on any atom is 0.174 e. The van der Waals surface area contributed by atoms with Crippen molar-refractivity contribution in [3.63, 3.8) is 0 Å². The summed E-state index contributed by atoms with van der Waals surface area (Å²) < 4.78 is 11.7. The standard InChI is InChI=1S/C10H11N2OS/c1-2-5-14(13)8-3-4-9-10(6-8)12-7-11-9/h3-4,6H,2,5H2,1H3,(H,11,12). The van der Waals surface area contributed by atoms with Crippen LogP contribution in [0.15, 0.2) is 23.1 Å². The van der Waals surface area contributed by atoms with Gasteiger partial charge in [-0.1, -0.05) is 6.92 Å². The van der Waals surface area contributed by atoms with Gasteiger partial charge < -0.3 is 9.54 Å². The minimum atomic E-state index is -0.885. The van der Waals surface area contributed by atoms with E-state index in [0.717, 1.165) is 22.3 Å². The van der Waals surface area contributed by atoms with E-state index in [4.69, 9.17) is 0 Å². The number of hydrogen-bond donors (Lipinski definition) is 1. The van der Waals surface area contributed by atoms with Crippen molar-refractivity contribution in [2.45, 2.75) is 18.2 Å². The van der Waals surface area contributed by atoms with Gasteiger partial charge in [-0.05, 0) is 29.7 Å². The highest BCUT2D eigenvalue weighted by Crippen LogP contribution is 2.17. The van der Waals surface area contributed by atoms with Crippen molar-refractivity contribution in [3.8, 4) is 0 Å². The molecule has 3 nitrogen and oxygen atoms in total. The second-order valence-electron chi connectivity index (χ2n) is 3.08. The number of fused-ring (bicyclic) bond motifs is 1. The average molecular weight is 207 g/mol. The minimum Gasteiger partial charge on any atom is -0.611 e. The van der Waals surface area contributed by atoms with Crippen LogP contribution < -0.4 is 0 Å². The van der Waals surface area contributed by atoms with Gasteiger partial charge in [-0.15, -0.1) is 0 Å². The van der Waals surface area contributed by atoms with E-state index >= 15 is 0 Å². The van der Waals surface area contributed by atoms with Gasteiger partial charge in [0.05, 0.1) is 11.0 Å². The molecule has 0 aliphatic heterocycles. The molecule has 14 heavy (non-hydrogen) atoms. The lowest BCUT2D eigenvalue weighted by molar-refractivity contribution is 0.594. The Hall–Kier alpha value is -1.00. The fraction of sp³-hybridized carbons (Fsp3) is 0.300. The lowest BCUT2D eigenvalue weighted by atomic mass is 10.3. The van der Waals surface area contributed by atoms with Crippen LogP contribution in [0.3, 0.4) is 0 Å². The first kappa shape index (κ1) is 9.55. The molecule has 1 heterocycles. The smallest absolute Gasteiger partial charge is 0.174 e. The predicted molar refractivity (Wildman–Crippen MR) is 56.5 cm³/mol. The summed E-state index contributed by atoms with van der Waals surface area (Å²) in [4.78, 5) is 7.73. The van der Waals surface area contributed by atoms with Gasteiger partial charge in [0.2, 0.25) is 0 Å². The first-order chi connectivity index (χ1) is 6.81. The molecule has 0 bridgehead atoms. The maximum absolute atomic E-state index is 11.7. The molecular formula is C10H11N2OS. The van der Waals surface area contributed by atoms with Gasteiger partial charge in [0, 0.05) is 6.07 Å². The molecule has 73 valence electrons. The monoisotopic (exact) mass is 207 g/mol. The Labute approximate surface area is 85.7 Å². The molecule has 0 spiro atoms. The molecule has 0 amide bonds. The number of imidazole rings is 1. The van der Waals surface area contributed by atoms with Crippen LogP contribution in [0.1, 0.15) is 13.3 Å². The van der Waals surface area contributed by atoms with Crippen LogP contribution in [0.2, 0.25) is 0 Å². The van der Waals surface area contributed by atoms with E-state index in [9.17, 15) is 4.55 Å². The van der Waals surface area contributed by atoms with Gasteiger partial charge in [0.1, 0.15) is 5.75 Å². The third-order valence-electron chi connectivity index (χ3n) is 1.99. The van der Waals surface area contributed by atoms with Gasteiger partial charge in [0.15, 0.2) is 11.2 Å². The normalized spacial score (nSPS) is 13.3. The van der Waals surface area contributed by atoms with Crippen molar-refractivity contribution in [3.05, 3.63) is 24.5 Å². The second-order valence-corrected chi connectivity index (χ2v) is 4.65. The number of rotatable bonds is 3. The number of benzene rings is 1. The lowest BCUT2D eigenvalue weighted by Crippen LogP contribution is -2.05. The topological polar surface area (TPSA) is 51.7 Å². The van der Waals surface area contributed by atoms with Crippen LogP contribution in [-0.4, -0.2) is 20.3 Å². The molecular weight excluding hydrogens is 196 g/mol. The largest absolute Gasteiger partial charge is 0.611 e. The Balaban J connectivity index is 2.33. The molecule has 1 radical (unpaired) electrons. The van der Waals surface area contributed by atoms with Crippen LogP contribution in [-0.2, 0) is 11.2 Å². The minimum absolute atomic E-state index is 0.712. The number of H-pyrrole nitrogens is 1. The molecule has 1 aromatic carbocycles. The second kappa shape index (κ2) is 4.02. The Morgan fingerprint density at radius 1 is 1.57 bits per heavy atom. The van der Waals surface area contributed by atoms with E-state index < -0.39 is 11.2 Å². The van der Waals surface area contributed by atoms with Crippen molar-refractivity contribution in [1.29, 1.82) is 0 Å². The van der Waals surface area contributed by atoms with Gasteiger partial charge in [0.25, 0.3) is 0 Å². The molecule has 1 N–H and O–H groups in total. The summed E-state index contributed by atoms with van der Waals surface area (Å²) in [7, 11) is 0. The molecule has 0 aliphatic rings. The van der Waals surface area contributed by atoms with Crippen molar-refractivity contribution in [1.82, 2.24) is 9.97 Å². The van der Waals surface area contributed by atoms with E-state index in [0.29, 0.717) is 5.75 Å². The molecule has 4 heteroatoms. The van der Waals surface area contributed by atoms with E-state index in [1.807, 2.05) is 25.1 Å². The summed E-state index contributed by atoms with van der Waals surface area (Å²) in [5, 5.41) is 0. The fourth-order valence-electron chi connectivity index (χ4n) is 1.31. The Bertz CT molecular complexity index is 427. The quantitative estimate of drug-likeness (QED) is 0.781. The number of nitrogens with zero attached hydrogens (tertiary/aromatic N) is 1. The lowest BCUT2D eigenvalue weighted by Gasteiger charge is -2.08. The Morgan fingerprint density at radius 2 is 2.43 bits per heavy atom. The van der Waals surface area contributed by atoms with Crippen molar-refractivity contribution >= 4 is 22.2 Å². The molecule has 0 fully saturated rings. The Kier molecular flexibility index (Phi) is 2.74. The number of hydrogen-bond acceptors (Lipinski definition) is 2. The zero-order valence-electron chi connectivity index (χ0n) is 7.91. The summed E-state index contributed by atoms with van der Waals surface area (Å²) >= 11 is -0.885. The molecule has 0 saturated heterocycles. The van der Waals surface area contributed by atoms with Crippen LogP contribution in [0.4, 0.5) is 0 Å². The SMILES string of the molecule is CCC[S+]([O-])c1ccc2n[c][nH]c2c1. The van der Waals surface area contributed by atoms with Gasteiger partial charge in [-0.25, -0.2) is 4.98 Å². The number of aromatic nitrogens is 2.